The summed E-state index contributed by atoms with van der Waals surface area (Å²) in [4.78, 5) is 25.6. The Morgan fingerprint density at radius 2 is 2.23 bits per heavy atom. The highest BCUT2D eigenvalue weighted by atomic mass is 32.1. The largest absolute Gasteiger partial charge is 0.324 e. The second-order valence-corrected chi connectivity index (χ2v) is 8.48. The van der Waals surface area contributed by atoms with E-state index in [0.29, 0.717) is 17.3 Å². The number of hydrogen-bond acceptors (Lipinski definition) is 5. The molecule has 6 nitrogen and oxygen atoms in total. The molecule has 0 bridgehead atoms. The molecule has 2 aliphatic rings. The van der Waals surface area contributed by atoms with Crippen molar-refractivity contribution in [2.45, 2.75) is 38.8 Å². The molecule has 4 rings (SSSR count). The van der Waals surface area contributed by atoms with Gasteiger partial charge in [0.25, 0.3) is 0 Å². The van der Waals surface area contributed by atoms with E-state index < -0.39 is 0 Å². The Kier molecular flexibility index (Phi) is 4.67. The smallest absolute Gasteiger partial charge is 0.323 e. The minimum absolute atomic E-state index is 0.0358. The van der Waals surface area contributed by atoms with E-state index in [2.05, 4.69) is 27.2 Å². The molecule has 26 heavy (non-hydrogen) atoms. The van der Waals surface area contributed by atoms with E-state index in [1.165, 1.54) is 11.4 Å². The number of piperidine rings is 1. The summed E-state index contributed by atoms with van der Waals surface area (Å²) < 4.78 is 0. The van der Waals surface area contributed by atoms with Crippen molar-refractivity contribution in [3.05, 3.63) is 40.5 Å². The third-order valence-electron chi connectivity index (χ3n) is 5.72. The summed E-state index contributed by atoms with van der Waals surface area (Å²) in [5.41, 5.74) is 1.30. The maximum Gasteiger partial charge on any atom is 0.323 e. The van der Waals surface area contributed by atoms with Gasteiger partial charge in [0.05, 0.1) is 6.54 Å². The zero-order valence-electron chi connectivity index (χ0n) is 15.3. The highest BCUT2D eigenvalue weighted by Gasteiger charge is 2.56. The fourth-order valence-electron chi connectivity index (χ4n) is 4.10. The minimum atomic E-state index is -0.0358. The zero-order chi connectivity index (χ0) is 18.1. The van der Waals surface area contributed by atoms with Crippen molar-refractivity contribution < 1.29 is 4.79 Å². The second-order valence-electron chi connectivity index (χ2n) is 7.50. The molecule has 0 unspecified atom stereocenters. The first-order chi connectivity index (χ1) is 12.6. The van der Waals surface area contributed by atoms with Gasteiger partial charge in [0.1, 0.15) is 10.8 Å². The topological polar surface area (TPSA) is 61.4 Å². The second kappa shape index (κ2) is 6.96. The summed E-state index contributed by atoms with van der Waals surface area (Å²) in [5.74, 6) is 0.628. The van der Waals surface area contributed by atoms with Crippen LogP contribution in [0.25, 0.3) is 0 Å². The van der Waals surface area contributed by atoms with Crippen molar-refractivity contribution in [2.24, 2.45) is 5.41 Å². The van der Waals surface area contributed by atoms with Gasteiger partial charge in [-0.2, -0.15) is 0 Å². The Hall–Kier alpha value is -1.99. The summed E-state index contributed by atoms with van der Waals surface area (Å²) in [7, 11) is 2.20. The average molecular weight is 372 g/mol. The number of nitrogens with one attached hydrogen (secondary N) is 1. The predicted octanol–water partition coefficient (Wildman–Crippen LogP) is 3.36. The van der Waals surface area contributed by atoms with Crippen LogP contribution >= 0.6 is 11.3 Å². The van der Waals surface area contributed by atoms with Crippen LogP contribution in [-0.2, 0) is 6.54 Å². The molecule has 7 heteroatoms. The number of hydrogen-bond donors (Lipinski definition) is 1. The molecule has 1 saturated heterocycles. The number of amides is 2. The Balaban J connectivity index is 1.28. The van der Waals surface area contributed by atoms with Crippen molar-refractivity contribution in [2.75, 3.05) is 25.5 Å². The lowest BCUT2D eigenvalue weighted by Gasteiger charge is -2.34. The fraction of sp³-hybridized carbons (Fsp3) is 0.526. The standard InChI is InChI=1S/C19H25N5OS/c1-14-4-3-5-16(21-14)22-18(25)24-9-6-19(7-10-24)12-15(19)23(2)13-17-20-8-11-26-17/h3-5,8,11,15H,6-7,9-10,12-13H2,1-2H3,(H,21,22,25)/t15-/m1/s1. The summed E-state index contributed by atoms with van der Waals surface area (Å²) in [5, 5.41) is 6.13. The number of aryl methyl sites for hydroxylation is 1. The number of likely N-dealkylation sites (tertiary alicyclic amines) is 1. The van der Waals surface area contributed by atoms with Crippen molar-refractivity contribution in [3.8, 4) is 0 Å². The maximum atomic E-state index is 12.5. The van der Waals surface area contributed by atoms with Crippen LogP contribution in [0.2, 0.25) is 0 Å². The van der Waals surface area contributed by atoms with E-state index >= 15 is 0 Å². The lowest BCUT2D eigenvalue weighted by molar-refractivity contribution is 0.156. The van der Waals surface area contributed by atoms with E-state index in [9.17, 15) is 4.79 Å². The SMILES string of the molecule is Cc1cccc(NC(=O)N2CCC3(CC2)C[C@H]3N(C)Cc2nccs2)n1. The zero-order valence-corrected chi connectivity index (χ0v) is 16.1. The van der Waals surface area contributed by atoms with Gasteiger partial charge in [-0.25, -0.2) is 14.8 Å². The van der Waals surface area contributed by atoms with Crippen molar-refractivity contribution in [1.82, 2.24) is 19.8 Å². The lowest BCUT2D eigenvalue weighted by Crippen LogP contribution is -2.43. The number of carbonyl (C=O) groups is 1. The molecule has 2 aromatic heterocycles. The predicted molar refractivity (Wildman–Crippen MR) is 103 cm³/mol. The van der Waals surface area contributed by atoms with Crippen LogP contribution in [0, 0.1) is 12.3 Å². The van der Waals surface area contributed by atoms with Crippen molar-refractivity contribution in [3.63, 3.8) is 0 Å². The average Bonchev–Trinajstić information content (AvgIpc) is 3.07. The van der Waals surface area contributed by atoms with Gasteiger partial charge in [0, 0.05) is 36.4 Å². The Morgan fingerprint density at radius 3 is 2.92 bits per heavy atom. The molecule has 0 aromatic carbocycles. The van der Waals surface area contributed by atoms with Gasteiger partial charge in [-0.3, -0.25) is 10.2 Å². The van der Waals surface area contributed by atoms with Gasteiger partial charge in [-0.1, -0.05) is 6.07 Å². The van der Waals surface area contributed by atoms with Gasteiger partial charge in [-0.05, 0) is 50.8 Å². The molecule has 1 saturated carbocycles. The summed E-state index contributed by atoms with van der Waals surface area (Å²) >= 11 is 1.72. The van der Waals surface area contributed by atoms with Gasteiger partial charge in [0.15, 0.2) is 0 Å². The van der Waals surface area contributed by atoms with Crippen LogP contribution in [0.4, 0.5) is 10.6 Å². The number of thiazole rings is 1. The maximum absolute atomic E-state index is 12.5. The monoisotopic (exact) mass is 371 g/mol. The molecule has 1 aliphatic heterocycles. The molecule has 3 heterocycles. The molecule has 1 aliphatic carbocycles. The number of rotatable bonds is 4. The van der Waals surface area contributed by atoms with E-state index in [4.69, 9.17) is 0 Å². The van der Waals surface area contributed by atoms with Gasteiger partial charge < -0.3 is 4.90 Å². The summed E-state index contributed by atoms with van der Waals surface area (Å²) in [6.07, 6.45) is 5.27. The molecule has 2 aromatic rings. The van der Waals surface area contributed by atoms with Crippen LogP contribution in [-0.4, -0.2) is 52.0 Å². The number of carbonyl (C=O) groups excluding carboxylic acids is 1. The summed E-state index contributed by atoms with van der Waals surface area (Å²) in [6.45, 7) is 4.49. The highest BCUT2D eigenvalue weighted by molar-refractivity contribution is 7.09. The molecule has 0 radical (unpaired) electrons. The molecule has 1 atom stereocenters. The molecule has 138 valence electrons. The number of nitrogens with zero attached hydrogens (tertiary/aromatic N) is 4. The van der Waals surface area contributed by atoms with Crippen LogP contribution in [0.15, 0.2) is 29.8 Å². The molecule has 1 spiro atoms. The van der Waals surface area contributed by atoms with Crippen molar-refractivity contribution in [1.29, 1.82) is 0 Å². The van der Waals surface area contributed by atoms with Crippen molar-refractivity contribution >= 4 is 23.2 Å². The lowest BCUT2D eigenvalue weighted by atomic mass is 9.92. The van der Waals surface area contributed by atoms with E-state index in [1.54, 1.807) is 11.3 Å². The third kappa shape index (κ3) is 3.59. The molecular formula is C19H25N5OS. The quantitative estimate of drug-likeness (QED) is 0.895. The van der Waals surface area contributed by atoms with E-state index in [1.807, 2.05) is 41.6 Å². The van der Waals surface area contributed by atoms with Crippen LogP contribution < -0.4 is 5.32 Å². The Morgan fingerprint density at radius 1 is 1.42 bits per heavy atom. The third-order valence-corrected chi connectivity index (χ3v) is 6.48. The van der Waals surface area contributed by atoms with Crippen LogP contribution in [0.3, 0.4) is 0 Å². The van der Waals surface area contributed by atoms with E-state index in [-0.39, 0.29) is 6.03 Å². The normalized spacial score (nSPS) is 21.2. The first kappa shape index (κ1) is 17.4. The first-order valence-electron chi connectivity index (χ1n) is 9.14. The number of urea groups is 1. The number of anilines is 1. The van der Waals surface area contributed by atoms with Gasteiger partial charge in [0.2, 0.25) is 0 Å². The molecule has 2 amide bonds. The fourth-order valence-corrected chi connectivity index (χ4v) is 4.78. The number of pyridine rings is 1. The first-order valence-corrected chi connectivity index (χ1v) is 10.0. The highest BCUT2D eigenvalue weighted by Crippen LogP contribution is 2.56. The molecule has 1 N–H and O–H groups in total. The van der Waals surface area contributed by atoms with Crippen LogP contribution in [0.5, 0.6) is 0 Å². The van der Waals surface area contributed by atoms with Crippen LogP contribution in [0.1, 0.15) is 30.0 Å². The Bertz CT molecular complexity index is 770. The molecule has 2 fully saturated rings. The molecular weight excluding hydrogens is 346 g/mol. The summed E-state index contributed by atoms with van der Waals surface area (Å²) in [6, 6.07) is 6.26. The van der Waals surface area contributed by atoms with Gasteiger partial charge in [-0.15, -0.1) is 11.3 Å². The number of aromatic nitrogens is 2. The minimum Gasteiger partial charge on any atom is -0.324 e. The van der Waals surface area contributed by atoms with E-state index in [0.717, 1.165) is 38.2 Å². The Labute approximate surface area is 158 Å². The van der Waals surface area contributed by atoms with Gasteiger partial charge >= 0.3 is 6.03 Å².